The Morgan fingerprint density at radius 2 is 1.70 bits per heavy atom. The standard InChI is InChI=1S/C27H39N3O6S/c1-7-9-16-28-27(32)23(8-2)29(18-21-11-13-22(35-4)14-12-21)26(31)19-30(37(6,33)34)24-17-20(3)10-15-25(24)36-5/h10-15,17,23H,7-9,16,18-19H2,1-6H3,(H,28,32)/t23-/m0/s1. The number of carbonyl (C=O) groups is 2. The molecular weight excluding hydrogens is 494 g/mol. The predicted octanol–water partition coefficient (Wildman–Crippen LogP) is 3.50. The molecule has 2 aromatic rings. The van der Waals surface area contributed by atoms with Crippen LogP contribution in [0.2, 0.25) is 0 Å². The number of benzene rings is 2. The molecule has 2 aromatic carbocycles. The van der Waals surface area contributed by atoms with Crippen molar-refractivity contribution < 1.29 is 27.5 Å². The number of aryl methyl sites for hydroxylation is 1. The van der Waals surface area contributed by atoms with Crippen LogP contribution in [0.1, 0.15) is 44.2 Å². The van der Waals surface area contributed by atoms with Crippen LogP contribution >= 0.6 is 0 Å². The van der Waals surface area contributed by atoms with Gasteiger partial charge in [-0.15, -0.1) is 0 Å². The normalized spacial score (nSPS) is 11.9. The molecule has 1 atom stereocenters. The van der Waals surface area contributed by atoms with Gasteiger partial charge in [0.2, 0.25) is 21.8 Å². The quantitative estimate of drug-likeness (QED) is 0.373. The number of hydrogen-bond acceptors (Lipinski definition) is 6. The van der Waals surface area contributed by atoms with E-state index in [9.17, 15) is 18.0 Å². The molecule has 0 bridgehead atoms. The zero-order valence-electron chi connectivity index (χ0n) is 22.6. The summed E-state index contributed by atoms with van der Waals surface area (Å²) in [6, 6.07) is 11.5. The Labute approximate surface area is 220 Å². The summed E-state index contributed by atoms with van der Waals surface area (Å²) < 4.78 is 37.4. The van der Waals surface area contributed by atoms with Gasteiger partial charge in [0.05, 0.1) is 26.2 Å². The average Bonchev–Trinajstić information content (AvgIpc) is 2.86. The van der Waals surface area contributed by atoms with Gasteiger partial charge in [0.15, 0.2) is 0 Å². The van der Waals surface area contributed by atoms with Crippen molar-refractivity contribution in [1.29, 1.82) is 0 Å². The minimum atomic E-state index is -3.86. The van der Waals surface area contributed by atoms with E-state index in [4.69, 9.17) is 9.47 Å². The fourth-order valence-electron chi connectivity index (χ4n) is 3.94. The van der Waals surface area contributed by atoms with Gasteiger partial charge < -0.3 is 19.7 Å². The molecule has 0 aliphatic heterocycles. The molecular formula is C27H39N3O6S. The third kappa shape index (κ3) is 8.38. The van der Waals surface area contributed by atoms with Gasteiger partial charge in [-0.2, -0.15) is 0 Å². The molecule has 0 saturated carbocycles. The number of anilines is 1. The first-order valence-electron chi connectivity index (χ1n) is 12.4. The smallest absolute Gasteiger partial charge is 0.244 e. The number of sulfonamides is 1. The molecule has 37 heavy (non-hydrogen) atoms. The number of carbonyl (C=O) groups excluding carboxylic acids is 2. The molecule has 204 valence electrons. The lowest BCUT2D eigenvalue weighted by atomic mass is 10.1. The second-order valence-electron chi connectivity index (χ2n) is 8.88. The second-order valence-corrected chi connectivity index (χ2v) is 10.8. The van der Waals surface area contributed by atoms with Crippen molar-refractivity contribution in [3.05, 3.63) is 53.6 Å². The zero-order chi connectivity index (χ0) is 27.6. The van der Waals surface area contributed by atoms with Crippen LogP contribution in [0.5, 0.6) is 11.5 Å². The number of hydrogen-bond donors (Lipinski definition) is 1. The molecule has 0 heterocycles. The number of ether oxygens (including phenoxy) is 2. The minimum Gasteiger partial charge on any atom is -0.497 e. The predicted molar refractivity (Wildman–Crippen MR) is 145 cm³/mol. The molecule has 2 rings (SSSR count). The van der Waals surface area contributed by atoms with Crippen molar-refractivity contribution in [3.63, 3.8) is 0 Å². The van der Waals surface area contributed by atoms with Crippen molar-refractivity contribution in [3.8, 4) is 11.5 Å². The third-order valence-corrected chi connectivity index (χ3v) is 7.14. The molecule has 0 aliphatic carbocycles. The maximum absolute atomic E-state index is 13.8. The summed E-state index contributed by atoms with van der Waals surface area (Å²) in [5.74, 6) is 0.231. The van der Waals surface area contributed by atoms with Crippen LogP contribution in [0.15, 0.2) is 42.5 Å². The zero-order valence-corrected chi connectivity index (χ0v) is 23.4. The summed E-state index contributed by atoms with van der Waals surface area (Å²) in [4.78, 5) is 28.3. The number of nitrogens with one attached hydrogen (secondary N) is 1. The molecule has 2 amide bonds. The Bertz CT molecular complexity index is 1150. The molecule has 0 spiro atoms. The number of nitrogens with zero attached hydrogens (tertiary/aromatic N) is 2. The van der Waals surface area contributed by atoms with Crippen LogP contribution < -0.4 is 19.1 Å². The summed E-state index contributed by atoms with van der Waals surface area (Å²) in [5, 5.41) is 2.91. The summed E-state index contributed by atoms with van der Waals surface area (Å²) in [7, 11) is -0.847. The van der Waals surface area contributed by atoms with Gasteiger partial charge in [0.25, 0.3) is 0 Å². The SMILES string of the molecule is CCCCNC(=O)[C@H](CC)N(Cc1ccc(OC)cc1)C(=O)CN(c1cc(C)ccc1OC)S(C)(=O)=O. The number of amides is 2. The largest absolute Gasteiger partial charge is 0.497 e. The average molecular weight is 534 g/mol. The van der Waals surface area contributed by atoms with Gasteiger partial charge in [0.1, 0.15) is 24.1 Å². The van der Waals surface area contributed by atoms with Crippen molar-refractivity contribution >= 4 is 27.5 Å². The van der Waals surface area contributed by atoms with Crippen molar-refractivity contribution in [2.24, 2.45) is 0 Å². The summed E-state index contributed by atoms with van der Waals surface area (Å²) in [6.07, 6.45) is 3.16. The van der Waals surface area contributed by atoms with Gasteiger partial charge in [0, 0.05) is 13.1 Å². The van der Waals surface area contributed by atoms with E-state index in [-0.39, 0.29) is 18.1 Å². The lowest BCUT2D eigenvalue weighted by Crippen LogP contribution is -2.52. The van der Waals surface area contributed by atoms with Crippen LogP contribution in [0.4, 0.5) is 5.69 Å². The highest BCUT2D eigenvalue weighted by Gasteiger charge is 2.32. The molecule has 0 radical (unpaired) electrons. The fraction of sp³-hybridized carbons (Fsp3) is 0.481. The molecule has 0 aromatic heterocycles. The van der Waals surface area contributed by atoms with Gasteiger partial charge in [-0.05, 0) is 55.2 Å². The van der Waals surface area contributed by atoms with E-state index in [2.05, 4.69) is 5.32 Å². The van der Waals surface area contributed by atoms with Crippen LogP contribution in [-0.4, -0.2) is 64.7 Å². The molecule has 1 N–H and O–H groups in total. The van der Waals surface area contributed by atoms with Crippen LogP contribution in [-0.2, 0) is 26.2 Å². The van der Waals surface area contributed by atoms with Gasteiger partial charge in [-0.1, -0.05) is 38.5 Å². The van der Waals surface area contributed by atoms with Gasteiger partial charge in [-0.3, -0.25) is 13.9 Å². The number of methoxy groups -OCH3 is 2. The maximum atomic E-state index is 13.8. The Hall–Kier alpha value is -3.27. The summed E-state index contributed by atoms with van der Waals surface area (Å²) in [6.45, 7) is 5.85. The molecule has 0 aliphatic rings. The fourth-order valence-corrected chi connectivity index (χ4v) is 4.79. The Balaban J connectivity index is 2.47. The lowest BCUT2D eigenvalue weighted by Gasteiger charge is -2.33. The molecule has 10 heteroatoms. The van der Waals surface area contributed by atoms with Crippen LogP contribution in [0, 0.1) is 6.92 Å². The second kappa shape index (κ2) is 13.9. The third-order valence-electron chi connectivity index (χ3n) is 6.01. The van der Waals surface area contributed by atoms with E-state index in [0.717, 1.165) is 34.5 Å². The highest BCUT2D eigenvalue weighted by atomic mass is 32.2. The number of unbranched alkanes of at least 4 members (excludes halogenated alkanes) is 1. The van der Waals surface area contributed by atoms with E-state index < -0.39 is 28.5 Å². The van der Waals surface area contributed by atoms with Crippen molar-refractivity contribution in [1.82, 2.24) is 10.2 Å². The van der Waals surface area contributed by atoms with E-state index in [1.807, 2.05) is 32.9 Å². The van der Waals surface area contributed by atoms with Crippen LogP contribution in [0.3, 0.4) is 0 Å². The highest BCUT2D eigenvalue weighted by Crippen LogP contribution is 2.31. The molecule has 9 nitrogen and oxygen atoms in total. The van der Waals surface area contributed by atoms with E-state index in [0.29, 0.717) is 24.5 Å². The summed E-state index contributed by atoms with van der Waals surface area (Å²) >= 11 is 0. The highest BCUT2D eigenvalue weighted by molar-refractivity contribution is 7.92. The van der Waals surface area contributed by atoms with E-state index >= 15 is 0 Å². The molecule has 0 fully saturated rings. The van der Waals surface area contributed by atoms with Crippen LogP contribution in [0.25, 0.3) is 0 Å². The Morgan fingerprint density at radius 1 is 1.03 bits per heavy atom. The van der Waals surface area contributed by atoms with E-state index in [1.165, 1.54) is 12.0 Å². The molecule has 0 unspecified atom stereocenters. The van der Waals surface area contributed by atoms with Crippen molar-refractivity contribution in [2.75, 3.05) is 37.9 Å². The topological polar surface area (TPSA) is 105 Å². The van der Waals surface area contributed by atoms with Gasteiger partial charge in [-0.25, -0.2) is 8.42 Å². The first kappa shape index (κ1) is 30.0. The van der Waals surface area contributed by atoms with E-state index in [1.54, 1.807) is 37.4 Å². The number of rotatable bonds is 14. The maximum Gasteiger partial charge on any atom is 0.244 e. The minimum absolute atomic E-state index is 0.130. The lowest BCUT2D eigenvalue weighted by molar-refractivity contribution is -0.140. The van der Waals surface area contributed by atoms with Gasteiger partial charge >= 0.3 is 0 Å². The Kier molecular flexibility index (Phi) is 11.2. The van der Waals surface area contributed by atoms with Crippen molar-refractivity contribution in [2.45, 2.75) is 52.6 Å². The Morgan fingerprint density at radius 3 is 2.24 bits per heavy atom. The molecule has 0 saturated heterocycles. The first-order valence-corrected chi connectivity index (χ1v) is 14.2. The monoisotopic (exact) mass is 533 g/mol. The first-order chi connectivity index (χ1) is 17.5. The summed E-state index contributed by atoms with van der Waals surface area (Å²) in [5.41, 5.74) is 1.87.